The van der Waals surface area contributed by atoms with E-state index in [0.717, 1.165) is 5.56 Å². The number of halogens is 2. The van der Waals surface area contributed by atoms with Gasteiger partial charge in [-0.25, -0.2) is 0 Å². The van der Waals surface area contributed by atoms with Gasteiger partial charge in [0.05, 0.1) is 6.10 Å². The molecule has 0 saturated heterocycles. The number of thioether (sulfide) groups is 1. The fraction of sp³-hybridized carbons (Fsp3) is 0.538. The number of aliphatic hydroxyl groups is 1. The summed E-state index contributed by atoms with van der Waals surface area (Å²) in [5, 5.41) is 11.2. The highest BCUT2D eigenvalue weighted by Gasteiger charge is 2.15. The Morgan fingerprint density at radius 3 is 2.47 bits per heavy atom. The van der Waals surface area contributed by atoms with E-state index in [9.17, 15) is 5.11 Å². The third-order valence-electron chi connectivity index (χ3n) is 2.18. The van der Waals surface area contributed by atoms with Crippen LogP contribution in [0.5, 0.6) is 0 Å². The Morgan fingerprint density at radius 1 is 1.29 bits per heavy atom. The highest BCUT2D eigenvalue weighted by molar-refractivity contribution is 8.00. The first-order valence-corrected chi connectivity index (χ1v) is 7.28. The van der Waals surface area contributed by atoms with Gasteiger partial charge in [-0.1, -0.05) is 50.0 Å². The van der Waals surface area contributed by atoms with Crippen molar-refractivity contribution >= 4 is 35.0 Å². The van der Waals surface area contributed by atoms with Crippen molar-refractivity contribution in [1.29, 1.82) is 0 Å². The lowest BCUT2D eigenvalue weighted by Gasteiger charge is -2.20. The van der Waals surface area contributed by atoms with Crippen molar-refractivity contribution in [2.24, 2.45) is 0 Å². The Hall–Kier alpha value is 0.110. The number of aliphatic hydroxyl groups excluding tert-OH is 1. The molecule has 4 heteroatoms. The van der Waals surface area contributed by atoms with E-state index in [-0.39, 0.29) is 10.9 Å². The van der Waals surface area contributed by atoms with Gasteiger partial charge in [0.1, 0.15) is 0 Å². The van der Waals surface area contributed by atoms with E-state index in [2.05, 4.69) is 20.8 Å². The van der Waals surface area contributed by atoms with Crippen LogP contribution in [0.2, 0.25) is 10.0 Å². The zero-order valence-electron chi connectivity index (χ0n) is 10.3. The summed E-state index contributed by atoms with van der Waals surface area (Å²) in [6.07, 6.45) is 0.192. The van der Waals surface area contributed by atoms with E-state index in [1.807, 2.05) is 6.07 Å². The average molecular weight is 293 g/mol. The summed E-state index contributed by atoms with van der Waals surface area (Å²) in [6, 6.07) is 5.38. The molecule has 0 radical (unpaired) electrons. The molecule has 1 atom stereocenters. The highest BCUT2D eigenvalue weighted by atomic mass is 35.5. The summed E-state index contributed by atoms with van der Waals surface area (Å²) >= 11 is 13.6. The third kappa shape index (κ3) is 6.01. The molecule has 1 unspecified atom stereocenters. The Labute approximate surface area is 118 Å². The third-order valence-corrected chi connectivity index (χ3v) is 4.18. The van der Waals surface area contributed by atoms with Crippen LogP contribution in [0.3, 0.4) is 0 Å². The molecule has 1 aromatic rings. The molecule has 1 aromatic carbocycles. The molecule has 1 rings (SSSR count). The van der Waals surface area contributed by atoms with Crippen LogP contribution < -0.4 is 0 Å². The molecular formula is C13H18Cl2OS. The lowest BCUT2D eigenvalue weighted by molar-refractivity contribution is 0.200. The number of hydrogen-bond donors (Lipinski definition) is 1. The maximum atomic E-state index is 9.95. The predicted molar refractivity (Wildman–Crippen MR) is 78.4 cm³/mol. The lowest BCUT2D eigenvalue weighted by atomic mass is 10.1. The smallest absolute Gasteiger partial charge is 0.0671 e. The van der Waals surface area contributed by atoms with Gasteiger partial charge in [0, 0.05) is 27.0 Å². The molecule has 0 aliphatic carbocycles. The fourth-order valence-electron chi connectivity index (χ4n) is 1.35. The molecular weight excluding hydrogens is 275 g/mol. The minimum Gasteiger partial charge on any atom is -0.392 e. The van der Waals surface area contributed by atoms with Crippen LogP contribution in [-0.4, -0.2) is 21.7 Å². The Bertz CT molecular complexity index is 374. The van der Waals surface area contributed by atoms with Crippen molar-refractivity contribution in [1.82, 2.24) is 0 Å². The fourth-order valence-corrected chi connectivity index (χ4v) is 2.64. The summed E-state index contributed by atoms with van der Waals surface area (Å²) in [5.74, 6) is 0.711. The van der Waals surface area contributed by atoms with Crippen LogP contribution in [-0.2, 0) is 6.42 Å². The van der Waals surface area contributed by atoms with Gasteiger partial charge in [-0.2, -0.15) is 11.8 Å². The molecule has 0 aliphatic rings. The summed E-state index contributed by atoms with van der Waals surface area (Å²) in [6.45, 7) is 6.42. The van der Waals surface area contributed by atoms with Gasteiger partial charge >= 0.3 is 0 Å². The first-order valence-electron chi connectivity index (χ1n) is 5.54. The quantitative estimate of drug-likeness (QED) is 0.886. The molecule has 0 aromatic heterocycles. The van der Waals surface area contributed by atoms with Gasteiger partial charge in [0.2, 0.25) is 0 Å². The molecule has 17 heavy (non-hydrogen) atoms. The van der Waals surface area contributed by atoms with Crippen LogP contribution in [0.15, 0.2) is 18.2 Å². The zero-order chi connectivity index (χ0) is 13.1. The van der Waals surface area contributed by atoms with E-state index in [1.165, 1.54) is 0 Å². The summed E-state index contributed by atoms with van der Waals surface area (Å²) in [5.41, 5.74) is 0.943. The molecule has 0 amide bonds. The van der Waals surface area contributed by atoms with E-state index < -0.39 is 0 Å². The molecule has 1 N–H and O–H groups in total. The molecule has 0 bridgehead atoms. The minimum absolute atomic E-state index is 0.171. The normalized spacial score (nSPS) is 13.8. The molecule has 1 nitrogen and oxygen atoms in total. The molecule has 0 heterocycles. The standard InChI is InChI=1S/C13H18Cl2OS/c1-13(2,3)17-8-11(16)6-9-4-5-10(14)7-12(9)15/h4-5,7,11,16H,6,8H2,1-3H3. The summed E-state index contributed by atoms with van der Waals surface area (Å²) in [4.78, 5) is 0. The number of benzene rings is 1. The van der Waals surface area contributed by atoms with E-state index in [1.54, 1.807) is 23.9 Å². The van der Waals surface area contributed by atoms with E-state index in [0.29, 0.717) is 22.2 Å². The average Bonchev–Trinajstić information content (AvgIpc) is 2.18. The number of rotatable bonds is 4. The van der Waals surface area contributed by atoms with Crippen molar-refractivity contribution in [3.05, 3.63) is 33.8 Å². The Balaban J connectivity index is 2.53. The maximum Gasteiger partial charge on any atom is 0.0671 e. The SMILES string of the molecule is CC(C)(C)SCC(O)Cc1ccc(Cl)cc1Cl. The van der Waals surface area contributed by atoms with Crippen LogP contribution in [0.25, 0.3) is 0 Å². The Morgan fingerprint density at radius 2 is 1.94 bits per heavy atom. The second-order valence-electron chi connectivity index (χ2n) is 5.02. The van der Waals surface area contributed by atoms with Crippen LogP contribution in [0, 0.1) is 0 Å². The first kappa shape index (κ1) is 15.2. The van der Waals surface area contributed by atoms with Crippen molar-refractivity contribution in [2.45, 2.75) is 38.0 Å². The van der Waals surface area contributed by atoms with Gasteiger partial charge in [-0.05, 0) is 17.7 Å². The predicted octanol–water partition coefficient (Wildman–Crippen LogP) is 4.43. The number of hydrogen-bond acceptors (Lipinski definition) is 2. The summed E-state index contributed by atoms with van der Waals surface area (Å²) in [7, 11) is 0. The summed E-state index contributed by atoms with van der Waals surface area (Å²) < 4.78 is 0.171. The Kier molecular flexibility index (Phi) is 5.65. The van der Waals surface area contributed by atoms with Gasteiger partial charge in [-0.3, -0.25) is 0 Å². The largest absolute Gasteiger partial charge is 0.392 e. The van der Waals surface area contributed by atoms with Gasteiger partial charge in [-0.15, -0.1) is 0 Å². The zero-order valence-corrected chi connectivity index (χ0v) is 12.7. The van der Waals surface area contributed by atoms with Crippen LogP contribution in [0.4, 0.5) is 0 Å². The van der Waals surface area contributed by atoms with Crippen molar-refractivity contribution in [3.8, 4) is 0 Å². The molecule has 0 aliphatic heterocycles. The molecule has 96 valence electrons. The highest BCUT2D eigenvalue weighted by Crippen LogP contribution is 2.26. The molecule has 0 spiro atoms. The maximum absolute atomic E-state index is 9.95. The second-order valence-corrected chi connectivity index (χ2v) is 7.71. The lowest BCUT2D eigenvalue weighted by Crippen LogP contribution is -2.19. The van der Waals surface area contributed by atoms with Crippen molar-refractivity contribution in [3.63, 3.8) is 0 Å². The molecule has 0 saturated carbocycles. The topological polar surface area (TPSA) is 20.2 Å². The van der Waals surface area contributed by atoms with E-state index >= 15 is 0 Å². The van der Waals surface area contributed by atoms with Gasteiger partial charge in [0.25, 0.3) is 0 Å². The minimum atomic E-state index is -0.377. The van der Waals surface area contributed by atoms with Crippen LogP contribution in [0.1, 0.15) is 26.3 Å². The van der Waals surface area contributed by atoms with Crippen molar-refractivity contribution < 1.29 is 5.11 Å². The van der Waals surface area contributed by atoms with Crippen molar-refractivity contribution in [2.75, 3.05) is 5.75 Å². The van der Waals surface area contributed by atoms with Crippen LogP contribution >= 0.6 is 35.0 Å². The van der Waals surface area contributed by atoms with Gasteiger partial charge < -0.3 is 5.11 Å². The van der Waals surface area contributed by atoms with Gasteiger partial charge in [0.15, 0.2) is 0 Å². The second kappa shape index (κ2) is 6.33. The first-order chi connectivity index (χ1) is 7.78. The molecule has 0 fully saturated rings. The van der Waals surface area contributed by atoms with E-state index in [4.69, 9.17) is 23.2 Å². The monoisotopic (exact) mass is 292 g/mol.